The summed E-state index contributed by atoms with van der Waals surface area (Å²) < 4.78 is 10.9. The van der Waals surface area contributed by atoms with Gasteiger partial charge in [-0.05, 0) is 12.1 Å². The van der Waals surface area contributed by atoms with Gasteiger partial charge in [-0.15, -0.1) is 0 Å². The molecule has 1 aromatic carbocycles. The van der Waals surface area contributed by atoms with Gasteiger partial charge in [0.2, 0.25) is 0 Å². The Morgan fingerprint density at radius 2 is 2.24 bits per heavy atom. The van der Waals surface area contributed by atoms with Crippen LogP contribution in [0.25, 0.3) is 10.8 Å². The van der Waals surface area contributed by atoms with E-state index in [0.717, 1.165) is 11.1 Å². The number of nitro groups is 1. The zero-order chi connectivity index (χ0) is 14.7. The summed E-state index contributed by atoms with van der Waals surface area (Å²) in [6.45, 7) is 2.35. The number of nitrogens with zero attached hydrogens (tertiary/aromatic N) is 2. The lowest BCUT2D eigenvalue weighted by Crippen LogP contribution is -2.34. The lowest BCUT2D eigenvalue weighted by Gasteiger charge is -2.23. The number of non-ortho nitro benzene ring substituents is 1. The van der Waals surface area contributed by atoms with Crippen LogP contribution in [0.4, 0.5) is 11.4 Å². The summed E-state index contributed by atoms with van der Waals surface area (Å²) in [5, 5.41) is 15.6. The molecule has 2 heterocycles. The van der Waals surface area contributed by atoms with Crippen LogP contribution in [0.5, 0.6) is 0 Å². The molecule has 0 aliphatic carbocycles. The van der Waals surface area contributed by atoms with Crippen molar-refractivity contribution in [2.45, 2.75) is 6.10 Å². The molecule has 0 spiro atoms. The largest absolute Gasteiger partial charge is 0.382 e. The van der Waals surface area contributed by atoms with E-state index in [4.69, 9.17) is 9.47 Å². The molecule has 110 valence electrons. The fraction of sp³-hybridized carbons (Fsp3) is 0.357. The maximum atomic E-state index is 11.1. The van der Waals surface area contributed by atoms with Crippen LogP contribution in [0.1, 0.15) is 0 Å². The second kappa shape index (κ2) is 6.02. The van der Waals surface area contributed by atoms with Gasteiger partial charge in [0.05, 0.1) is 36.2 Å². The van der Waals surface area contributed by atoms with Crippen LogP contribution in [0, 0.1) is 10.1 Å². The second-order valence-corrected chi connectivity index (χ2v) is 4.76. The number of aromatic nitrogens is 1. The molecule has 0 radical (unpaired) electrons. The number of anilines is 1. The highest BCUT2D eigenvalue weighted by Gasteiger charge is 2.17. The molecule has 2 aromatic rings. The van der Waals surface area contributed by atoms with E-state index in [1.54, 1.807) is 24.5 Å². The van der Waals surface area contributed by atoms with Gasteiger partial charge in [0.15, 0.2) is 0 Å². The van der Waals surface area contributed by atoms with Crippen molar-refractivity contribution in [3.05, 3.63) is 40.7 Å². The SMILES string of the molecule is O=[N+]([O-])c1ccc(NCC2COCCO2)c2cnccc12. The summed E-state index contributed by atoms with van der Waals surface area (Å²) >= 11 is 0. The molecule has 1 unspecified atom stereocenters. The van der Waals surface area contributed by atoms with Crippen LogP contribution in [0.2, 0.25) is 0 Å². The highest BCUT2D eigenvalue weighted by atomic mass is 16.6. The monoisotopic (exact) mass is 289 g/mol. The van der Waals surface area contributed by atoms with Crippen LogP contribution < -0.4 is 5.32 Å². The molecule has 7 nitrogen and oxygen atoms in total. The first-order valence-corrected chi connectivity index (χ1v) is 6.70. The average molecular weight is 289 g/mol. The molecular weight excluding hydrogens is 274 g/mol. The van der Waals surface area contributed by atoms with Gasteiger partial charge in [0, 0.05) is 36.1 Å². The molecule has 0 amide bonds. The number of nitrogens with one attached hydrogen (secondary N) is 1. The van der Waals surface area contributed by atoms with Crippen LogP contribution in [0.3, 0.4) is 0 Å². The van der Waals surface area contributed by atoms with E-state index in [-0.39, 0.29) is 16.7 Å². The van der Waals surface area contributed by atoms with E-state index in [1.807, 2.05) is 0 Å². The van der Waals surface area contributed by atoms with Crippen molar-refractivity contribution in [2.75, 3.05) is 31.7 Å². The number of rotatable bonds is 4. The normalized spacial score (nSPS) is 18.6. The lowest BCUT2D eigenvalue weighted by molar-refractivity contribution is -0.383. The van der Waals surface area contributed by atoms with Crippen LogP contribution in [0.15, 0.2) is 30.6 Å². The summed E-state index contributed by atoms with van der Waals surface area (Å²) in [5.41, 5.74) is 0.882. The maximum absolute atomic E-state index is 11.1. The van der Waals surface area contributed by atoms with Gasteiger partial charge in [-0.3, -0.25) is 15.1 Å². The molecule has 1 aliphatic heterocycles. The molecule has 1 saturated heterocycles. The smallest absolute Gasteiger partial charge is 0.277 e. The van der Waals surface area contributed by atoms with E-state index in [2.05, 4.69) is 10.3 Å². The summed E-state index contributed by atoms with van der Waals surface area (Å²) in [6, 6.07) is 4.85. The van der Waals surface area contributed by atoms with Gasteiger partial charge in [-0.2, -0.15) is 0 Å². The zero-order valence-corrected chi connectivity index (χ0v) is 11.3. The Morgan fingerprint density at radius 3 is 3.00 bits per heavy atom. The second-order valence-electron chi connectivity index (χ2n) is 4.76. The number of hydrogen-bond acceptors (Lipinski definition) is 6. The predicted molar refractivity (Wildman–Crippen MR) is 77.4 cm³/mol. The molecule has 1 aromatic heterocycles. The Bertz CT molecular complexity index is 656. The van der Waals surface area contributed by atoms with Crippen LogP contribution in [-0.2, 0) is 9.47 Å². The molecule has 1 fully saturated rings. The number of hydrogen-bond donors (Lipinski definition) is 1. The fourth-order valence-electron chi connectivity index (χ4n) is 2.37. The Balaban J connectivity index is 1.85. The Morgan fingerprint density at radius 1 is 1.33 bits per heavy atom. The molecule has 1 aliphatic rings. The van der Waals surface area contributed by atoms with Crippen molar-refractivity contribution in [1.82, 2.24) is 4.98 Å². The minimum Gasteiger partial charge on any atom is -0.382 e. The number of ether oxygens (including phenoxy) is 2. The summed E-state index contributed by atoms with van der Waals surface area (Å²) in [6.07, 6.45) is 3.17. The Labute approximate surface area is 121 Å². The molecular formula is C14H15N3O4. The molecule has 3 rings (SSSR count). The molecule has 7 heteroatoms. The van der Waals surface area contributed by atoms with E-state index >= 15 is 0 Å². The molecule has 0 bridgehead atoms. The van der Waals surface area contributed by atoms with Gasteiger partial charge < -0.3 is 14.8 Å². The topological polar surface area (TPSA) is 86.5 Å². The molecule has 1 atom stereocenters. The third-order valence-corrected chi connectivity index (χ3v) is 3.40. The van der Waals surface area contributed by atoms with Crippen molar-refractivity contribution in [3.8, 4) is 0 Å². The number of nitro benzene ring substituents is 1. The predicted octanol–water partition coefficient (Wildman–Crippen LogP) is 1.97. The molecule has 1 N–H and O–H groups in total. The first-order valence-electron chi connectivity index (χ1n) is 6.70. The van der Waals surface area contributed by atoms with Crippen LogP contribution in [-0.4, -0.2) is 42.4 Å². The van der Waals surface area contributed by atoms with Gasteiger partial charge in [-0.1, -0.05) is 0 Å². The van der Waals surface area contributed by atoms with Gasteiger partial charge in [0.25, 0.3) is 5.69 Å². The van der Waals surface area contributed by atoms with Gasteiger partial charge >= 0.3 is 0 Å². The third kappa shape index (κ3) is 2.93. The number of pyridine rings is 1. The van der Waals surface area contributed by atoms with E-state index in [9.17, 15) is 10.1 Å². The minimum atomic E-state index is -0.385. The fourth-order valence-corrected chi connectivity index (χ4v) is 2.37. The standard InChI is InChI=1S/C14H15N3O4/c18-17(19)14-2-1-13(12-8-15-4-3-11(12)14)16-7-10-9-20-5-6-21-10/h1-4,8,10,16H,5-7,9H2. The lowest BCUT2D eigenvalue weighted by atomic mass is 10.1. The summed E-state index contributed by atoms with van der Waals surface area (Å²) in [5.74, 6) is 0. The summed E-state index contributed by atoms with van der Waals surface area (Å²) in [4.78, 5) is 14.7. The number of benzene rings is 1. The first-order chi connectivity index (χ1) is 10.3. The van der Waals surface area contributed by atoms with Crippen molar-refractivity contribution in [1.29, 1.82) is 0 Å². The number of fused-ring (bicyclic) bond motifs is 1. The molecule has 21 heavy (non-hydrogen) atoms. The van der Waals surface area contributed by atoms with Crippen molar-refractivity contribution in [2.24, 2.45) is 0 Å². The Kier molecular flexibility index (Phi) is 3.94. The van der Waals surface area contributed by atoms with E-state index in [0.29, 0.717) is 31.8 Å². The quantitative estimate of drug-likeness (QED) is 0.684. The summed E-state index contributed by atoms with van der Waals surface area (Å²) in [7, 11) is 0. The van der Waals surface area contributed by atoms with Crippen molar-refractivity contribution in [3.63, 3.8) is 0 Å². The average Bonchev–Trinajstić information content (AvgIpc) is 2.53. The van der Waals surface area contributed by atoms with Gasteiger partial charge in [-0.25, -0.2) is 0 Å². The highest BCUT2D eigenvalue weighted by molar-refractivity contribution is 5.99. The minimum absolute atomic E-state index is 0.0133. The van der Waals surface area contributed by atoms with E-state index < -0.39 is 0 Å². The van der Waals surface area contributed by atoms with Crippen molar-refractivity contribution >= 4 is 22.1 Å². The van der Waals surface area contributed by atoms with E-state index in [1.165, 1.54) is 6.07 Å². The highest BCUT2D eigenvalue weighted by Crippen LogP contribution is 2.30. The first kappa shape index (κ1) is 13.7. The third-order valence-electron chi connectivity index (χ3n) is 3.40. The zero-order valence-electron chi connectivity index (χ0n) is 11.3. The molecule has 0 saturated carbocycles. The Hall–Kier alpha value is -2.25. The maximum Gasteiger partial charge on any atom is 0.277 e. The van der Waals surface area contributed by atoms with Crippen molar-refractivity contribution < 1.29 is 14.4 Å². The van der Waals surface area contributed by atoms with Crippen LogP contribution >= 0.6 is 0 Å². The van der Waals surface area contributed by atoms with Gasteiger partial charge in [0.1, 0.15) is 0 Å².